The molecule has 0 spiro atoms. The topological polar surface area (TPSA) is 186 Å². The van der Waals surface area contributed by atoms with Gasteiger partial charge >= 0.3 is 23.9 Å². The molecule has 4 atom stereocenters. The van der Waals surface area contributed by atoms with Gasteiger partial charge in [0.05, 0.1) is 54.1 Å². The number of carbonyl (C=O) groups is 4. The lowest BCUT2D eigenvalue weighted by Gasteiger charge is -2.12. The van der Waals surface area contributed by atoms with Gasteiger partial charge in [0.15, 0.2) is 0 Å². The molecule has 344 valence electrons. The number of esters is 4. The number of rotatable bonds is 18. The molecule has 0 unspecified atom stereocenters. The van der Waals surface area contributed by atoms with Crippen LogP contribution in [0.4, 0.5) is 0 Å². The third kappa shape index (κ3) is 22.1. The summed E-state index contributed by atoms with van der Waals surface area (Å²) < 4.78 is 18.5. The van der Waals surface area contributed by atoms with Gasteiger partial charge < -0.3 is 39.4 Å². The molecule has 0 saturated carbocycles. The van der Waals surface area contributed by atoms with Crippen molar-refractivity contribution in [3.8, 4) is 23.0 Å². The van der Waals surface area contributed by atoms with Crippen LogP contribution in [0.15, 0.2) is 147 Å². The van der Waals surface area contributed by atoms with E-state index < -0.39 is 0 Å². The normalized spacial score (nSPS) is 12.2. The minimum Gasteiger partial charge on any atom is -0.508 e. The summed E-state index contributed by atoms with van der Waals surface area (Å²) in [6, 6.07) is 27.5. The van der Waals surface area contributed by atoms with Crippen molar-refractivity contribution in [2.24, 2.45) is 0 Å². The fourth-order valence-corrected chi connectivity index (χ4v) is 5.94. The van der Waals surface area contributed by atoms with E-state index >= 15 is 0 Å². The van der Waals surface area contributed by atoms with Crippen LogP contribution in [0.25, 0.3) is 0 Å². The Kier molecular flexibility index (Phi) is 27.2. The average molecular weight is 881 g/mol. The van der Waals surface area contributed by atoms with Crippen LogP contribution in [0.5, 0.6) is 23.0 Å². The molecule has 4 N–H and O–H groups in total. The Bertz CT molecular complexity index is 1950. The molecule has 4 rings (SSSR count). The van der Waals surface area contributed by atoms with Crippen molar-refractivity contribution in [1.82, 2.24) is 0 Å². The van der Waals surface area contributed by atoms with Crippen molar-refractivity contribution in [3.63, 3.8) is 0 Å². The van der Waals surface area contributed by atoms with Gasteiger partial charge in [0.25, 0.3) is 0 Å². The number of phenols is 4. The molecule has 0 amide bonds. The number of carbonyl (C=O) groups excluding carboxylic acids is 4. The second kappa shape index (κ2) is 31.7. The number of phenolic OH excluding ortho intramolecular Hbond substituents is 4. The van der Waals surface area contributed by atoms with E-state index in [2.05, 4.69) is 32.1 Å². The summed E-state index contributed by atoms with van der Waals surface area (Å²) in [7, 11) is 5.46. The van der Waals surface area contributed by atoms with Gasteiger partial charge in [-0.05, 0) is 83.6 Å². The van der Waals surface area contributed by atoms with E-state index in [4.69, 9.17) is 0 Å². The van der Waals surface area contributed by atoms with Crippen molar-refractivity contribution >= 4 is 23.9 Å². The van der Waals surface area contributed by atoms with Gasteiger partial charge in [-0.2, -0.15) is 0 Å². The molecule has 0 bridgehead atoms. The van der Waals surface area contributed by atoms with E-state index in [-0.39, 0.29) is 96.2 Å². The van der Waals surface area contributed by atoms with Gasteiger partial charge in [-0.25, -0.2) is 0 Å². The minimum atomic E-state index is -0.289. The Balaban J connectivity index is 0.000000427. The first-order valence-electron chi connectivity index (χ1n) is 20.7. The Labute approximate surface area is 377 Å². The third-order valence-corrected chi connectivity index (χ3v) is 9.43. The standard InChI is InChI=1S/2C14H18O3.2C12H14O3/c2*1-3-4-6-12(10-14(16)17-2)11-7-5-8-13(15)9-11;2*1-3-9(8-12(14)15-2)10-5-4-6-11(13)7-10/h2*4-9,12,15H,3,10H2,1-2H3;2*3-7,9,13H,1,8H2,2H3/b2*6-4+;;/t2*12-;2*9-/m1010/s1. The van der Waals surface area contributed by atoms with Crippen LogP contribution < -0.4 is 0 Å². The van der Waals surface area contributed by atoms with Crippen molar-refractivity contribution in [3.05, 3.63) is 169 Å². The molecule has 12 nitrogen and oxygen atoms in total. The fraction of sp³-hybridized carbons (Fsp3) is 0.308. The lowest BCUT2D eigenvalue weighted by Crippen LogP contribution is -2.06. The van der Waals surface area contributed by atoms with Gasteiger partial charge in [0.1, 0.15) is 23.0 Å². The second-order valence-corrected chi connectivity index (χ2v) is 14.1. The molecule has 4 aromatic rings. The first-order chi connectivity index (χ1) is 30.7. The predicted molar refractivity (Wildman–Crippen MR) is 249 cm³/mol. The van der Waals surface area contributed by atoms with Crippen molar-refractivity contribution in [1.29, 1.82) is 0 Å². The van der Waals surface area contributed by atoms with Gasteiger partial charge in [0, 0.05) is 23.7 Å². The van der Waals surface area contributed by atoms with Crippen LogP contribution in [-0.4, -0.2) is 72.7 Å². The molecule has 12 heteroatoms. The van der Waals surface area contributed by atoms with Crippen molar-refractivity contribution in [2.45, 2.75) is 76.0 Å². The van der Waals surface area contributed by atoms with Crippen molar-refractivity contribution in [2.75, 3.05) is 28.4 Å². The Morgan fingerprint density at radius 2 is 0.688 bits per heavy atom. The van der Waals surface area contributed by atoms with Crippen LogP contribution >= 0.6 is 0 Å². The third-order valence-electron chi connectivity index (χ3n) is 9.43. The van der Waals surface area contributed by atoms with Gasteiger partial charge in [-0.15, -0.1) is 13.2 Å². The number of aromatic hydroxyl groups is 4. The average Bonchev–Trinajstić information content (AvgIpc) is 3.30. The summed E-state index contributed by atoms with van der Waals surface area (Å²) in [5.74, 6) is -0.624. The summed E-state index contributed by atoms with van der Waals surface area (Å²) in [6.45, 7) is 11.4. The van der Waals surface area contributed by atoms with Crippen LogP contribution in [-0.2, 0) is 38.1 Å². The molecular weight excluding hydrogens is 817 g/mol. The molecule has 0 aliphatic carbocycles. The highest BCUT2D eigenvalue weighted by molar-refractivity contribution is 5.72. The number of hydrogen-bond acceptors (Lipinski definition) is 12. The number of benzene rings is 4. The van der Waals surface area contributed by atoms with Crippen LogP contribution in [0.1, 0.15) is 98.3 Å². The maximum atomic E-state index is 11.3. The number of allylic oxidation sites excluding steroid dienone is 6. The zero-order chi connectivity index (χ0) is 47.9. The van der Waals surface area contributed by atoms with E-state index in [1.165, 1.54) is 28.4 Å². The lowest BCUT2D eigenvalue weighted by atomic mass is 9.95. The van der Waals surface area contributed by atoms with Crippen LogP contribution in [0, 0.1) is 0 Å². The summed E-state index contributed by atoms with van der Waals surface area (Å²) in [5.41, 5.74) is 3.55. The molecule has 0 aliphatic heterocycles. The van der Waals surface area contributed by atoms with Crippen LogP contribution in [0.3, 0.4) is 0 Å². The zero-order valence-corrected chi connectivity index (χ0v) is 37.7. The summed E-state index contributed by atoms with van der Waals surface area (Å²) in [4.78, 5) is 44.9. The Morgan fingerprint density at radius 3 is 0.891 bits per heavy atom. The van der Waals surface area contributed by atoms with E-state index in [9.17, 15) is 39.6 Å². The molecule has 0 aliphatic rings. The highest BCUT2D eigenvalue weighted by Crippen LogP contribution is 2.28. The molecule has 0 radical (unpaired) electrons. The number of methoxy groups -OCH3 is 4. The Morgan fingerprint density at radius 1 is 0.453 bits per heavy atom. The lowest BCUT2D eigenvalue weighted by molar-refractivity contribution is -0.141. The second-order valence-electron chi connectivity index (χ2n) is 14.1. The molecule has 64 heavy (non-hydrogen) atoms. The highest BCUT2D eigenvalue weighted by Gasteiger charge is 2.16. The molecule has 0 aromatic heterocycles. The van der Waals surface area contributed by atoms with Gasteiger partial charge in [-0.1, -0.05) is 98.8 Å². The van der Waals surface area contributed by atoms with E-state index in [0.29, 0.717) is 0 Å². The largest absolute Gasteiger partial charge is 0.508 e. The van der Waals surface area contributed by atoms with Gasteiger partial charge in [-0.3, -0.25) is 19.2 Å². The smallest absolute Gasteiger partial charge is 0.306 e. The molecule has 0 heterocycles. The predicted octanol–water partition coefficient (Wildman–Crippen LogP) is 10.5. The van der Waals surface area contributed by atoms with Crippen molar-refractivity contribution < 1.29 is 58.6 Å². The monoisotopic (exact) mass is 880 g/mol. The summed E-state index contributed by atoms with van der Waals surface area (Å²) in [5, 5.41) is 37.5. The zero-order valence-electron chi connectivity index (χ0n) is 37.7. The molecule has 0 saturated heterocycles. The van der Waals surface area contributed by atoms with E-state index in [1.807, 2.05) is 62.4 Å². The maximum absolute atomic E-state index is 11.3. The minimum absolute atomic E-state index is 0.0468. The summed E-state index contributed by atoms with van der Waals surface area (Å²) >= 11 is 0. The van der Waals surface area contributed by atoms with E-state index in [0.717, 1.165) is 35.1 Å². The number of hydrogen-bond donors (Lipinski definition) is 4. The quantitative estimate of drug-likeness (QED) is 0.0422. The molecule has 0 fully saturated rings. The Hall–Kier alpha value is -7.08. The first-order valence-corrected chi connectivity index (χ1v) is 20.7. The van der Waals surface area contributed by atoms with Gasteiger partial charge in [0.2, 0.25) is 0 Å². The SMILES string of the molecule is C=C[C@@H](CC(=O)OC)c1cccc(O)c1.C=C[C@H](CC(=O)OC)c1cccc(O)c1.CC/C=C/[C@@H](CC(=O)OC)c1cccc(O)c1.CC/C=C/[C@H](CC(=O)OC)c1cccc(O)c1. The highest BCUT2D eigenvalue weighted by atomic mass is 16.5. The molecular formula is C52H64O12. The fourth-order valence-electron chi connectivity index (χ4n) is 5.94. The first kappa shape index (κ1) is 54.9. The molecule has 4 aromatic carbocycles. The maximum Gasteiger partial charge on any atom is 0.306 e. The van der Waals surface area contributed by atoms with Crippen LogP contribution in [0.2, 0.25) is 0 Å². The van der Waals surface area contributed by atoms with E-state index in [1.54, 1.807) is 84.9 Å². The number of ether oxygens (including phenoxy) is 4. The summed E-state index contributed by atoms with van der Waals surface area (Å²) in [6.07, 6.45) is 14.2.